The molecule has 0 radical (unpaired) electrons. The van der Waals surface area contributed by atoms with Gasteiger partial charge in [-0.25, -0.2) is 0 Å². The number of rotatable bonds is 1. The lowest BCUT2D eigenvalue weighted by molar-refractivity contribution is -0.0303. The minimum Gasteiger partial charge on any atom is -0.504 e. The molecule has 2 atom stereocenters. The third kappa shape index (κ3) is 1.90. The van der Waals surface area contributed by atoms with Crippen molar-refractivity contribution in [3.8, 4) is 11.5 Å². The lowest BCUT2D eigenvalue weighted by Crippen LogP contribution is -2.45. The maximum Gasteiger partial charge on any atom is 0.254 e. The van der Waals surface area contributed by atoms with E-state index in [-0.39, 0.29) is 29.6 Å². The summed E-state index contributed by atoms with van der Waals surface area (Å²) >= 11 is 0. The van der Waals surface area contributed by atoms with Gasteiger partial charge in [0.05, 0.1) is 12.2 Å². The van der Waals surface area contributed by atoms with Crippen LogP contribution in [0.2, 0.25) is 0 Å². The Morgan fingerprint density at radius 2 is 1.83 bits per heavy atom. The molecule has 2 aliphatic rings. The number of nitrogens with zero attached hydrogens (tertiary/aromatic N) is 1. The molecule has 2 saturated heterocycles. The van der Waals surface area contributed by atoms with Crippen LogP contribution in [0.5, 0.6) is 11.5 Å². The second kappa shape index (κ2) is 4.17. The van der Waals surface area contributed by atoms with Gasteiger partial charge < -0.3 is 19.8 Å². The van der Waals surface area contributed by atoms with Crippen molar-refractivity contribution in [2.45, 2.75) is 25.0 Å². The average Bonchev–Trinajstić information content (AvgIpc) is 2.71. The van der Waals surface area contributed by atoms with E-state index in [0.717, 1.165) is 12.8 Å². The number of aromatic hydroxyl groups is 2. The topological polar surface area (TPSA) is 70.0 Å². The molecule has 3 rings (SSSR count). The number of hydrogen-bond acceptors (Lipinski definition) is 4. The van der Waals surface area contributed by atoms with Crippen LogP contribution >= 0.6 is 0 Å². The van der Waals surface area contributed by atoms with E-state index in [4.69, 9.17) is 4.74 Å². The van der Waals surface area contributed by atoms with Crippen LogP contribution in [-0.4, -0.2) is 46.3 Å². The number of phenols is 2. The predicted molar refractivity (Wildman–Crippen MR) is 63.6 cm³/mol. The first-order chi connectivity index (χ1) is 8.63. The minimum atomic E-state index is -0.267. The van der Waals surface area contributed by atoms with Crippen molar-refractivity contribution in [2.24, 2.45) is 0 Å². The Kier molecular flexibility index (Phi) is 2.63. The number of phenolic OH excluding ortho intramolecular Hbond substituents is 2. The van der Waals surface area contributed by atoms with Crippen molar-refractivity contribution in [1.82, 2.24) is 4.90 Å². The smallest absolute Gasteiger partial charge is 0.254 e. The number of carbonyl (C=O) groups is 1. The second-order valence-corrected chi connectivity index (χ2v) is 4.87. The predicted octanol–water partition coefficient (Wildman–Crippen LogP) is 1.10. The molecule has 2 bridgehead atoms. The van der Waals surface area contributed by atoms with Gasteiger partial charge in [0.2, 0.25) is 0 Å². The first kappa shape index (κ1) is 11.3. The molecule has 2 unspecified atom stereocenters. The van der Waals surface area contributed by atoms with Crippen molar-refractivity contribution in [1.29, 1.82) is 0 Å². The Hall–Kier alpha value is -1.75. The summed E-state index contributed by atoms with van der Waals surface area (Å²) in [5.74, 6) is -0.601. The van der Waals surface area contributed by atoms with Gasteiger partial charge in [-0.05, 0) is 31.0 Å². The lowest BCUT2D eigenvalue weighted by atomic mass is 10.1. The van der Waals surface area contributed by atoms with Gasteiger partial charge >= 0.3 is 0 Å². The highest BCUT2D eigenvalue weighted by molar-refractivity contribution is 5.95. The molecule has 5 heteroatoms. The Labute approximate surface area is 105 Å². The Balaban J connectivity index is 1.79. The van der Waals surface area contributed by atoms with Gasteiger partial charge in [0.25, 0.3) is 5.91 Å². The molecular weight excluding hydrogens is 234 g/mol. The van der Waals surface area contributed by atoms with Crippen molar-refractivity contribution in [3.05, 3.63) is 23.8 Å². The normalized spacial score (nSPS) is 26.3. The van der Waals surface area contributed by atoms with E-state index in [1.165, 1.54) is 18.2 Å². The van der Waals surface area contributed by atoms with Crippen molar-refractivity contribution in [2.75, 3.05) is 13.1 Å². The number of likely N-dealkylation sites (tertiary alicyclic amines) is 1. The van der Waals surface area contributed by atoms with E-state index < -0.39 is 0 Å². The Morgan fingerprint density at radius 3 is 2.44 bits per heavy atom. The average molecular weight is 249 g/mol. The largest absolute Gasteiger partial charge is 0.504 e. The van der Waals surface area contributed by atoms with E-state index in [2.05, 4.69) is 0 Å². The molecule has 1 aromatic carbocycles. The van der Waals surface area contributed by atoms with Gasteiger partial charge in [0.15, 0.2) is 11.5 Å². The summed E-state index contributed by atoms with van der Waals surface area (Å²) in [6.07, 6.45) is 2.32. The molecule has 2 fully saturated rings. The molecule has 0 saturated carbocycles. The van der Waals surface area contributed by atoms with E-state index in [0.29, 0.717) is 18.7 Å². The van der Waals surface area contributed by atoms with Crippen molar-refractivity contribution >= 4 is 5.91 Å². The molecule has 1 amide bonds. The number of carbonyl (C=O) groups excluding carboxylic acids is 1. The van der Waals surface area contributed by atoms with Crippen LogP contribution in [0.1, 0.15) is 23.2 Å². The zero-order chi connectivity index (χ0) is 12.7. The summed E-state index contributed by atoms with van der Waals surface area (Å²) in [5.41, 5.74) is 0.395. The van der Waals surface area contributed by atoms with E-state index in [1.54, 1.807) is 4.90 Å². The maximum absolute atomic E-state index is 12.3. The zero-order valence-corrected chi connectivity index (χ0v) is 9.87. The van der Waals surface area contributed by atoms with Gasteiger partial charge in [0.1, 0.15) is 0 Å². The minimum absolute atomic E-state index is 0.120. The van der Waals surface area contributed by atoms with E-state index >= 15 is 0 Å². The third-order valence-electron chi connectivity index (χ3n) is 3.55. The second-order valence-electron chi connectivity index (χ2n) is 4.87. The molecule has 96 valence electrons. The number of amides is 1. The summed E-state index contributed by atoms with van der Waals surface area (Å²) in [6.45, 7) is 1.22. The molecule has 0 aromatic heterocycles. The van der Waals surface area contributed by atoms with Gasteiger partial charge in [-0.15, -0.1) is 0 Å². The van der Waals surface area contributed by atoms with Gasteiger partial charge in [0, 0.05) is 18.7 Å². The first-order valence-corrected chi connectivity index (χ1v) is 6.10. The van der Waals surface area contributed by atoms with Crippen LogP contribution in [0.25, 0.3) is 0 Å². The van der Waals surface area contributed by atoms with Crippen molar-refractivity contribution in [3.63, 3.8) is 0 Å². The molecule has 2 aliphatic heterocycles. The summed E-state index contributed by atoms with van der Waals surface area (Å²) < 4.78 is 5.67. The van der Waals surface area contributed by atoms with E-state index in [1.807, 2.05) is 0 Å². The number of fused-ring (bicyclic) bond motifs is 2. The maximum atomic E-state index is 12.3. The van der Waals surface area contributed by atoms with Crippen LogP contribution in [0.4, 0.5) is 0 Å². The summed E-state index contributed by atoms with van der Waals surface area (Å²) in [6, 6.07) is 4.15. The molecule has 0 aliphatic carbocycles. The Morgan fingerprint density at radius 1 is 1.17 bits per heavy atom. The third-order valence-corrected chi connectivity index (χ3v) is 3.55. The summed E-state index contributed by atoms with van der Waals surface area (Å²) in [4.78, 5) is 14.0. The SMILES string of the molecule is O=C(c1ccc(O)c(O)c1)N1CC2CCC(C1)O2. The highest BCUT2D eigenvalue weighted by Gasteiger charge is 2.36. The molecule has 2 N–H and O–H groups in total. The highest BCUT2D eigenvalue weighted by atomic mass is 16.5. The van der Waals surface area contributed by atoms with Crippen LogP contribution in [0, 0.1) is 0 Å². The van der Waals surface area contributed by atoms with Gasteiger partial charge in [-0.1, -0.05) is 0 Å². The molecule has 0 spiro atoms. The fourth-order valence-corrected chi connectivity index (χ4v) is 2.62. The summed E-state index contributed by atoms with van der Waals surface area (Å²) in [5, 5.41) is 18.7. The first-order valence-electron chi connectivity index (χ1n) is 6.10. The van der Waals surface area contributed by atoms with Crippen LogP contribution in [-0.2, 0) is 4.74 Å². The molecule has 5 nitrogen and oxygen atoms in total. The molecule has 18 heavy (non-hydrogen) atoms. The van der Waals surface area contributed by atoms with Gasteiger partial charge in [-0.3, -0.25) is 4.79 Å². The quantitative estimate of drug-likeness (QED) is 0.731. The highest BCUT2D eigenvalue weighted by Crippen LogP contribution is 2.29. The molecular formula is C13H15NO4. The standard InChI is InChI=1S/C13H15NO4/c15-11-4-1-8(5-12(11)16)13(17)14-6-9-2-3-10(7-14)18-9/h1,4-5,9-10,15-16H,2-3,6-7H2. The van der Waals surface area contributed by atoms with Crippen LogP contribution in [0.15, 0.2) is 18.2 Å². The van der Waals surface area contributed by atoms with Gasteiger partial charge in [-0.2, -0.15) is 0 Å². The molecule has 1 aromatic rings. The summed E-state index contributed by atoms with van der Waals surface area (Å²) in [7, 11) is 0. The van der Waals surface area contributed by atoms with E-state index in [9.17, 15) is 15.0 Å². The monoisotopic (exact) mass is 249 g/mol. The molecule has 2 heterocycles. The number of hydrogen-bond donors (Lipinski definition) is 2. The van der Waals surface area contributed by atoms with Crippen LogP contribution in [0.3, 0.4) is 0 Å². The zero-order valence-electron chi connectivity index (χ0n) is 9.87. The fourth-order valence-electron chi connectivity index (χ4n) is 2.62. The number of ether oxygens (including phenoxy) is 1. The lowest BCUT2D eigenvalue weighted by Gasteiger charge is -2.32. The number of benzene rings is 1. The Bertz CT molecular complexity index is 476. The van der Waals surface area contributed by atoms with Crippen LogP contribution < -0.4 is 0 Å². The fraction of sp³-hybridized carbons (Fsp3) is 0.462. The number of morpholine rings is 1. The van der Waals surface area contributed by atoms with Crippen molar-refractivity contribution < 1.29 is 19.7 Å².